The minimum absolute atomic E-state index is 0.402. The Morgan fingerprint density at radius 1 is 1.29 bits per heavy atom. The van der Waals surface area contributed by atoms with Crippen molar-refractivity contribution in [3.63, 3.8) is 0 Å². The van der Waals surface area contributed by atoms with E-state index in [2.05, 4.69) is 35.9 Å². The van der Waals surface area contributed by atoms with Crippen molar-refractivity contribution in [2.45, 2.75) is 26.9 Å². The van der Waals surface area contributed by atoms with Crippen LogP contribution in [0.2, 0.25) is 0 Å². The second-order valence-corrected chi connectivity index (χ2v) is 4.76. The van der Waals surface area contributed by atoms with Gasteiger partial charge in [0.2, 0.25) is 0 Å². The van der Waals surface area contributed by atoms with Crippen molar-refractivity contribution in [3.05, 3.63) is 0 Å². The van der Waals surface area contributed by atoms with Crippen LogP contribution in [0, 0.1) is 0 Å². The van der Waals surface area contributed by atoms with Crippen molar-refractivity contribution in [3.8, 4) is 0 Å². The predicted molar refractivity (Wildman–Crippen MR) is 72.5 cm³/mol. The zero-order valence-electron chi connectivity index (χ0n) is 11.7. The molecule has 0 aromatic carbocycles. The second kappa shape index (κ2) is 8.86. The van der Waals surface area contributed by atoms with Crippen LogP contribution in [-0.2, 0) is 4.74 Å². The van der Waals surface area contributed by atoms with Gasteiger partial charge in [-0.3, -0.25) is 4.90 Å². The fourth-order valence-corrected chi connectivity index (χ4v) is 2.23. The maximum atomic E-state index is 5.53. The molecule has 0 saturated carbocycles. The fraction of sp³-hybridized carbons (Fsp3) is 1.00. The van der Waals surface area contributed by atoms with Gasteiger partial charge in [0.25, 0.3) is 0 Å². The summed E-state index contributed by atoms with van der Waals surface area (Å²) in [6.07, 6.45) is 0.402. The third-order valence-corrected chi connectivity index (χ3v) is 3.43. The molecule has 0 radical (unpaired) electrons. The Balaban J connectivity index is 1.96. The van der Waals surface area contributed by atoms with Crippen molar-refractivity contribution in [1.82, 2.24) is 15.1 Å². The predicted octanol–water partition coefficient (Wildman–Crippen LogP) is 0.639. The van der Waals surface area contributed by atoms with Gasteiger partial charge in [-0.2, -0.15) is 0 Å². The van der Waals surface area contributed by atoms with Crippen molar-refractivity contribution < 1.29 is 4.74 Å². The quantitative estimate of drug-likeness (QED) is 0.633. The highest BCUT2D eigenvalue weighted by Gasteiger charge is 2.15. The van der Waals surface area contributed by atoms with Gasteiger partial charge in [0.1, 0.15) is 0 Å². The zero-order valence-corrected chi connectivity index (χ0v) is 11.7. The van der Waals surface area contributed by atoms with Gasteiger partial charge >= 0.3 is 0 Å². The van der Waals surface area contributed by atoms with E-state index in [0.29, 0.717) is 6.10 Å². The Morgan fingerprint density at radius 3 is 2.71 bits per heavy atom. The van der Waals surface area contributed by atoms with Gasteiger partial charge in [0, 0.05) is 39.3 Å². The zero-order chi connectivity index (χ0) is 12.5. The average molecular weight is 243 g/mol. The first-order valence-electron chi connectivity index (χ1n) is 7.03. The second-order valence-electron chi connectivity index (χ2n) is 4.76. The first-order valence-corrected chi connectivity index (χ1v) is 7.03. The first-order chi connectivity index (χ1) is 8.26. The Kier molecular flexibility index (Phi) is 7.77. The van der Waals surface area contributed by atoms with Crippen molar-refractivity contribution >= 4 is 0 Å². The molecule has 1 rings (SSSR count). The van der Waals surface area contributed by atoms with Crippen molar-refractivity contribution in [2.75, 3.05) is 59.0 Å². The molecule has 0 aromatic heterocycles. The third kappa shape index (κ3) is 6.36. The molecule has 1 aliphatic rings. The highest BCUT2D eigenvalue weighted by Crippen LogP contribution is 2.02. The van der Waals surface area contributed by atoms with E-state index in [1.54, 1.807) is 0 Å². The number of hydrogen-bond donors (Lipinski definition) is 1. The Morgan fingerprint density at radius 2 is 2.06 bits per heavy atom. The van der Waals surface area contributed by atoms with Crippen LogP contribution in [0.4, 0.5) is 0 Å². The van der Waals surface area contributed by atoms with E-state index < -0.39 is 0 Å². The van der Waals surface area contributed by atoms with Gasteiger partial charge in [0.15, 0.2) is 0 Å². The standard InChI is InChI=1S/C13H29N3O/c1-4-15(5-2)8-6-14-7-9-16-10-11-17-13(3)12-16/h13-14H,4-12H2,1-3H3. The molecule has 0 amide bonds. The molecular weight excluding hydrogens is 214 g/mol. The lowest BCUT2D eigenvalue weighted by Gasteiger charge is -2.31. The van der Waals surface area contributed by atoms with E-state index >= 15 is 0 Å². The minimum atomic E-state index is 0.402. The smallest absolute Gasteiger partial charge is 0.0674 e. The average Bonchev–Trinajstić information content (AvgIpc) is 2.34. The minimum Gasteiger partial charge on any atom is -0.376 e. The summed E-state index contributed by atoms with van der Waals surface area (Å²) in [6.45, 7) is 16.4. The molecule has 4 nitrogen and oxygen atoms in total. The molecule has 0 spiro atoms. The number of morpholine rings is 1. The molecule has 4 heteroatoms. The van der Waals surface area contributed by atoms with Crippen LogP contribution in [0.25, 0.3) is 0 Å². The first kappa shape index (κ1) is 14.9. The fourth-order valence-electron chi connectivity index (χ4n) is 2.23. The highest BCUT2D eigenvalue weighted by atomic mass is 16.5. The van der Waals surface area contributed by atoms with Crippen molar-refractivity contribution in [1.29, 1.82) is 0 Å². The molecule has 1 N–H and O–H groups in total. The number of ether oxygens (including phenoxy) is 1. The molecule has 0 aliphatic carbocycles. The van der Waals surface area contributed by atoms with Gasteiger partial charge in [-0.1, -0.05) is 13.8 Å². The van der Waals surface area contributed by atoms with Crippen LogP contribution in [0.1, 0.15) is 20.8 Å². The molecule has 1 atom stereocenters. The van der Waals surface area contributed by atoms with E-state index in [0.717, 1.165) is 59.0 Å². The summed E-state index contributed by atoms with van der Waals surface area (Å²) in [7, 11) is 0. The molecule has 102 valence electrons. The lowest BCUT2D eigenvalue weighted by Crippen LogP contribution is -2.44. The topological polar surface area (TPSA) is 27.7 Å². The van der Waals surface area contributed by atoms with Gasteiger partial charge in [-0.25, -0.2) is 0 Å². The van der Waals surface area contributed by atoms with E-state index in [-0.39, 0.29) is 0 Å². The van der Waals surface area contributed by atoms with E-state index in [1.165, 1.54) is 0 Å². The molecule has 17 heavy (non-hydrogen) atoms. The molecular formula is C13H29N3O. The molecule has 1 aliphatic heterocycles. The molecule has 1 heterocycles. The molecule has 1 fully saturated rings. The summed E-state index contributed by atoms with van der Waals surface area (Å²) < 4.78 is 5.53. The van der Waals surface area contributed by atoms with Gasteiger partial charge in [-0.15, -0.1) is 0 Å². The number of nitrogens with zero attached hydrogens (tertiary/aromatic N) is 2. The van der Waals surface area contributed by atoms with E-state index in [9.17, 15) is 0 Å². The molecule has 0 aromatic rings. The summed E-state index contributed by atoms with van der Waals surface area (Å²) in [5.74, 6) is 0. The largest absolute Gasteiger partial charge is 0.376 e. The number of rotatable bonds is 8. The molecule has 1 unspecified atom stereocenters. The highest BCUT2D eigenvalue weighted by molar-refractivity contribution is 4.68. The van der Waals surface area contributed by atoms with Crippen LogP contribution >= 0.6 is 0 Å². The maximum Gasteiger partial charge on any atom is 0.0674 e. The monoisotopic (exact) mass is 243 g/mol. The number of hydrogen-bond acceptors (Lipinski definition) is 4. The van der Waals surface area contributed by atoms with Crippen LogP contribution in [0.3, 0.4) is 0 Å². The van der Waals surface area contributed by atoms with Gasteiger partial charge in [0.05, 0.1) is 12.7 Å². The lowest BCUT2D eigenvalue weighted by molar-refractivity contribution is -0.0176. The summed E-state index contributed by atoms with van der Waals surface area (Å²) in [5, 5.41) is 3.52. The van der Waals surface area contributed by atoms with Crippen LogP contribution in [0.5, 0.6) is 0 Å². The number of nitrogens with one attached hydrogen (secondary N) is 1. The molecule has 0 bridgehead atoms. The van der Waals surface area contributed by atoms with Crippen LogP contribution in [0.15, 0.2) is 0 Å². The van der Waals surface area contributed by atoms with E-state index in [1.807, 2.05) is 0 Å². The van der Waals surface area contributed by atoms with Gasteiger partial charge in [-0.05, 0) is 20.0 Å². The molecule has 1 saturated heterocycles. The Bertz CT molecular complexity index is 186. The summed E-state index contributed by atoms with van der Waals surface area (Å²) in [4.78, 5) is 4.93. The van der Waals surface area contributed by atoms with Crippen LogP contribution < -0.4 is 5.32 Å². The van der Waals surface area contributed by atoms with Crippen molar-refractivity contribution in [2.24, 2.45) is 0 Å². The SMILES string of the molecule is CCN(CC)CCNCCN1CCOC(C)C1. The summed E-state index contributed by atoms with van der Waals surface area (Å²) in [5.41, 5.74) is 0. The summed E-state index contributed by atoms with van der Waals surface area (Å²) in [6, 6.07) is 0. The maximum absolute atomic E-state index is 5.53. The van der Waals surface area contributed by atoms with E-state index in [4.69, 9.17) is 4.74 Å². The number of likely N-dealkylation sites (N-methyl/N-ethyl adjacent to an activating group) is 1. The normalized spacial score (nSPS) is 22.2. The lowest BCUT2D eigenvalue weighted by atomic mass is 10.3. The Hall–Kier alpha value is -0.160. The Labute approximate surface area is 106 Å². The summed E-state index contributed by atoms with van der Waals surface area (Å²) >= 11 is 0. The third-order valence-electron chi connectivity index (χ3n) is 3.43. The van der Waals surface area contributed by atoms with Gasteiger partial charge < -0.3 is 15.0 Å². The van der Waals surface area contributed by atoms with Crippen LogP contribution in [-0.4, -0.2) is 74.9 Å².